The molecular formula is C20H31N5S. The Hall–Kier alpha value is -1.82. The highest BCUT2D eigenvalue weighted by molar-refractivity contribution is 7.10. The Morgan fingerprint density at radius 3 is 2.88 bits per heavy atom. The van der Waals surface area contributed by atoms with Crippen molar-refractivity contribution < 1.29 is 0 Å². The molecule has 5 nitrogen and oxygen atoms in total. The zero-order valence-corrected chi connectivity index (χ0v) is 16.6. The van der Waals surface area contributed by atoms with Crippen molar-refractivity contribution in [3.63, 3.8) is 0 Å². The second-order valence-corrected chi connectivity index (χ2v) is 8.04. The van der Waals surface area contributed by atoms with Gasteiger partial charge in [0.25, 0.3) is 0 Å². The van der Waals surface area contributed by atoms with Crippen molar-refractivity contribution in [2.24, 2.45) is 4.99 Å². The third-order valence-electron chi connectivity index (χ3n) is 5.18. The average molecular weight is 374 g/mol. The van der Waals surface area contributed by atoms with Gasteiger partial charge in [-0.25, -0.2) is 4.98 Å². The fraction of sp³-hybridized carbons (Fsp3) is 0.600. The van der Waals surface area contributed by atoms with Crippen LogP contribution in [0.5, 0.6) is 0 Å². The molecule has 0 aromatic carbocycles. The fourth-order valence-electron chi connectivity index (χ4n) is 3.75. The highest BCUT2D eigenvalue weighted by Gasteiger charge is 2.34. The molecule has 0 saturated heterocycles. The number of hydrogen-bond donors (Lipinski definition) is 2. The molecule has 142 valence electrons. The molecule has 2 aromatic heterocycles. The third kappa shape index (κ3) is 5.10. The summed E-state index contributed by atoms with van der Waals surface area (Å²) in [6.45, 7) is 5.78. The van der Waals surface area contributed by atoms with Crippen LogP contribution in [0.4, 0.5) is 0 Å². The summed E-state index contributed by atoms with van der Waals surface area (Å²) >= 11 is 1.89. The van der Waals surface area contributed by atoms with Gasteiger partial charge in [0.05, 0.1) is 12.9 Å². The molecule has 6 heteroatoms. The molecule has 2 aromatic rings. The molecule has 0 spiro atoms. The predicted molar refractivity (Wildman–Crippen MR) is 110 cm³/mol. The van der Waals surface area contributed by atoms with Crippen LogP contribution in [-0.2, 0) is 12.0 Å². The van der Waals surface area contributed by atoms with Gasteiger partial charge in [0.2, 0.25) is 0 Å². The SMILES string of the molecule is CCNC(=NCC1(c2cccs2)CCCCC1)NCCCn1ccnc1. The van der Waals surface area contributed by atoms with Crippen molar-refractivity contribution >= 4 is 17.3 Å². The maximum atomic E-state index is 4.98. The summed E-state index contributed by atoms with van der Waals surface area (Å²) in [4.78, 5) is 10.6. The number of aromatic nitrogens is 2. The molecular weight excluding hydrogens is 342 g/mol. The fourth-order valence-corrected chi connectivity index (χ4v) is 4.73. The number of aliphatic imine (C=N–C) groups is 1. The quantitative estimate of drug-likeness (QED) is 0.420. The molecule has 1 aliphatic carbocycles. The Bertz CT molecular complexity index is 642. The molecule has 26 heavy (non-hydrogen) atoms. The first kappa shape index (κ1) is 19.0. The van der Waals surface area contributed by atoms with Crippen molar-refractivity contribution in [3.05, 3.63) is 41.1 Å². The number of hydrogen-bond acceptors (Lipinski definition) is 3. The summed E-state index contributed by atoms with van der Waals surface area (Å²) in [5.41, 5.74) is 0.242. The van der Waals surface area contributed by atoms with Crippen molar-refractivity contribution in [1.82, 2.24) is 20.2 Å². The van der Waals surface area contributed by atoms with Crippen LogP contribution >= 0.6 is 11.3 Å². The number of imidazole rings is 1. The Labute approximate surface area is 161 Å². The lowest BCUT2D eigenvalue weighted by molar-refractivity contribution is 0.306. The molecule has 0 radical (unpaired) electrons. The summed E-state index contributed by atoms with van der Waals surface area (Å²) < 4.78 is 2.11. The Kier molecular flexibility index (Phi) is 7.12. The highest BCUT2D eigenvalue weighted by Crippen LogP contribution is 2.41. The number of aryl methyl sites for hydroxylation is 1. The van der Waals surface area contributed by atoms with E-state index in [-0.39, 0.29) is 5.41 Å². The van der Waals surface area contributed by atoms with Gasteiger partial charge < -0.3 is 15.2 Å². The third-order valence-corrected chi connectivity index (χ3v) is 6.30. The lowest BCUT2D eigenvalue weighted by Crippen LogP contribution is -2.40. The van der Waals surface area contributed by atoms with E-state index in [9.17, 15) is 0 Å². The van der Waals surface area contributed by atoms with Gasteiger partial charge in [-0.05, 0) is 37.6 Å². The monoisotopic (exact) mass is 373 g/mol. The van der Waals surface area contributed by atoms with Crippen LogP contribution in [0.15, 0.2) is 41.2 Å². The van der Waals surface area contributed by atoms with E-state index in [0.29, 0.717) is 0 Å². The van der Waals surface area contributed by atoms with Crippen LogP contribution in [0.1, 0.15) is 50.3 Å². The van der Waals surface area contributed by atoms with Crippen molar-refractivity contribution in [1.29, 1.82) is 0 Å². The number of thiophene rings is 1. The number of nitrogens with zero attached hydrogens (tertiary/aromatic N) is 3. The largest absolute Gasteiger partial charge is 0.357 e. The second-order valence-electron chi connectivity index (χ2n) is 7.09. The van der Waals surface area contributed by atoms with Gasteiger partial charge in [-0.3, -0.25) is 4.99 Å². The van der Waals surface area contributed by atoms with E-state index in [2.05, 4.69) is 44.6 Å². The number of guanidine groups is 1. The number of rotatable bonds is 8. The van der Waals surface area contributed by atoms with Gasteiger partial charge in [0.15, 0.2) is 5.96 Å². The minimum Gasteiger partial charge on any atom is -0.357 e. The molecule has 2 N–H and O–H groups in total. The van der Waals surface area contributed by atoms with E-state index in [4.69, 9.17) is 4.99 Å². The average Bonchev–Trinajstić information content (AvgIpc) is 3.38. The molecule has 1 fully saturated rings. The van der Waals surface area contributed by atoms with Crippen LogP contribution in [0.25, 0.3) is 0 Å². The Morgan fingerprint density at radius 2 is 2.19 bits per heavy atom. The topological polar surface area (TPSA) is 54.2 Å². The Morgan fingerprint density at radius 1 is 1.31 bits per heavy atom. The van der Waals surface area contributed by atoms with E-state index < -0.39 is 0 Å². The maximum Gasteiger partial charge on any atom is 0.191 e. The van der Waals surface area contributed by atoms with Gasteiger partial charge in [0.1, 0.15) is 0 Å². The first-order valence-electron chi connectivity index (χ1n) is 9.84. The number of nitrogens with one attached hydrogen (secondary N) is 2. The van der Waals surface area contributed by atoms with E-state index in [1.807, 2.05) is 30.1 Å². The van der Waals surface area contributed by atoms with Gasteiger partial charge >= 0.3 is 0 Å². The summed E-state index contributed by atoms with van der Waals surface area (Å²) in [5, 5.41) is 9.10. The van der Waals surface area contributed by atoms with Gasteiger partial charge in [-0.1, -0.05) is 25.3 Å². The molecule has 0 atom stereocenters. The molecule has 0 amide bonds. The molecule has 2 heterocycles. The smallest absolute Gasteiger partial charge is 0.191 e. The zero-order chi connectivity index (χ0) is 18.1. The lowest BCUT2D eigenvalue weighted by atomic mass is 9.73. The van der Waals surface area contributed by atoms with Gasteiger partial charge in [-0.2, -0.15) is 0 Å². The molecule has 0 aliphatic heterocycles. The van der Waals surface area contributed by atoms with Crippen LogP contribution in [-0.4, -0.2) is 35.1 Å². The molecule has 1 saturated carbocycles. The van der Waals surface area contributed by atoms with E-state index in [1.54, 1.807) is 0 Å². The van der Waals surface area contributed by atoms with Crippen molar-refractivity contribution in [2.75, 3.05) is 19.6 Å². The maximum absolute atomic E-state index is 4.98. The van der Waals surface area contributed by atoms with Crippen molar-refractivity contribution in [3.8, 4) is 0 Å². The molecule has 0 bridgehead atoms. The van der Waals surface area contributed by atoms with E-state index in [1.165, 1.54) is 37.0 Å². The minimum absolute atomic E-state index is 0.242. The van der Waals surface area contributed by atoms with Crippen LogP contribution in [0, 0.1) is 0 Å². The zero-order valence-electron chi connectivity index (χ0n) is 15.8. The highest BCUT2D eigenvalue weighted by atomic mass is 32.1. The summed E-state index contributed by atoms with van der Waals surface area (Å²) in [6, 6.07) is 4.48. The van der Waals surface area contributed by atoms with Crippen LogP contribution in [0.2, 0.25) is 0 Å². The summed E-state index contributed by atoms with van der Waals surface area (Å²) in [7, 11) is 0. The Balaban J connectivity index is 1.57. The standard InChI is InChI=1S/C20H31N5S/c1-2-22-19(23-11-7-13-25-14-12-21-17-25)24-16-20(9-4-3-5-10-20)18-8-6-15-26-18/h6,8,12,14-15,17H,2-5,7,9-11,13,16H2,1H3,(H2,22,23,24). The molecule has 0 unspecified atom stereocenters. The minimum atomic E-state index is 0.242. The second kappa shape index (κ2) is 9.76. The molecule has 1 aliphatic rings. The normalized spacial score (nSPS) is 17.2. The predicted octanol–water partition coefficient (Wildman–Crippen LogP) is 3.79. The molecule has 3 rings (SSSR count). The first-order valence-corrected chi connectivity index (χ1v) is 10.7. The van der Waals surface area contributed by atoms with Crippen molar-refractivity contribution in [2.45, 2.75) is 57.4 Å². The van der Waals surface area contributed by atoms with E-state index in [0.717, 1.165) is 38.6 Å². The summed E-state index contributed by atoms with van der Waals surface area (Å²) in [5.74, 6) is 0.944. The van der Waals surface area contributed by atoms with Gasteiger partial charge in [-0.15, -0.1) is 11.3 Å². The lowest BCUT2D eigenvalue weighted by Gasteiger charge is -2.35. The van der Waals surface area contributed by atoms with Crippen LogP contribution < -0.4 is 10.6 Å². The van der Waals surface area contributed by atoms with Crippen LogP contribution in [0.3, 0.4) is 0 Å². The van der Waals surface area contributed by atoms with E-state index >= 15 is 0 Å². The summed E-state index contributed by atoms with van der Waals surface area (Å²) in [6.07, 6.45) is 13.3. The van der Waals surface area contributed by atoms with Gasteiger partial charge in [0, 0.05) is 42.3 Å². The first-order chi connectivity index (χ1) is 12.8.